The van der Waals surface area contributed by atoms with E-state index in [1.807, 2.05) is 65.8 Å². The fourth-order valence-electron chi connectivity index (χ4n) is 2.51. The summed E-state index contributed by atoms with van der Waals surface area (Å²) >= 11 is 0. The fourth-order valence-corrected chi connectivity index (χ4v) is 2.51. The van der Waals surface area contributed by atoms with Crippen LogP contribution < -0.4 is 21.3 Å². The molecule has 2 amide bonds. The van der Waals surface area contributed by atoms with E-state index < -0.39 is 17.1 Å². The van der Waals surface area contributed by atoms with Crippen LogP contribution in [0, 0.1) is 5.41 Å². The minimum Gasteiger partial charge on any atom is -0.444 e. The first-order valence-corrected chi connectivity index (χ1v) is 10.3. The third kappa shape index (κ3) is 9.62. The van der Waals surface area contributed by atoms with E-state index in [4.69, 9.17) is 4.74 Å². The van der Waals surface area contributed by atoms with Crippen LogP contribution in [-0.4, -0.2) is 50.2 Å². The van der Waals surface area contributed by atoms with Crippen LogP contribution >= 0.6 is 0 Å². The van der Waals surface area contributed by atoms with Gasteiger partial charge in [-0.05, 0) is 65.7 Å². The van der Waals surface area contributed by atoms with Gasteiger partial charge in [0.25, 0.3) is 0 Å². The van der Waals surface area contributed by atoms with Crippen molar-refractivity contribution in [2.75, 3.05) is 32.0 Å². The number of guanidine groups is 1. The molecular weight excluding hydrogens is 382 g/mol. The van der Waals surface area contributed by atoms with Crippen molar-refractivity contribution in [1.82, 2.24) is 16.0 Å². The molecule has 1 aromatic rings. The van der Waals surface area contributed by atoms with Gasteiger partial charge in [-0.3, -0.25) is 15.1 Å². The van der Waals surface area contributed by atoms with Crippen molar-refractivity contribution in [2.24, 2.45) is 10.4 Å². The van der Waals surface area contributed by atoms with Gasteiger partial charge in [-0.15, -0.1) is 0 Å². The summed E-state index contributed by atoms with van der Waals surface area (Å²) in [6.07, 6.45) is 0.315. The Labute approximate surface area is 180 Å². The van der Waals surface area contributed by atoms with E-state index in [0.717, 1.165) is 12.0 Å². The lowest BCUT2D eigenvalue weighted by Crippen LogP contribution is -2.48. The predicted octanol–water partition coefficient (Wildman–Crippen LogP) is 2.90. The zero-order chi connectivity index (χ0) is 22.8. The van der Waals surface area contributed by atoms with Crippen LogP contribution in [0.2, 0.25) is 0 Å². The van der Waals surface area contributed by atoms with Crippen LogP contribution in [0.5, 0.6) is 0 Å². The van der Waals surface area contributed by atoms with E-state index in [1.54, 1.807) is 7.05 Å². The number of hydrogen-bond acceptors (Lipinski definition) is 4. The van der Waals surface area contributed by atoms with Gasteiger partial charge >= 0.3 is 6.09 Å². The molecule has 1 rings (SSSR count). The Balaban J connectivity index is 2.45. The van der Waals surface area contributed by atoms with Crippen molar-refractivity contribution in [1.29, 1.82) is 0 Å². The van der Waals surface area contributed by atoms with E-state index in [2.05, 4.69) is 26.3 Å². The first kappa shape index (κ1) is 25.3. The number of rotatable bonds is 8. The summed E-state index contributed by atoms with van der Waals surface area (Å²) in [6, 6.07) is 7.62. The number of amides is 2. The molecule has 8 heteroatoms. The quantitative estimate of drug-likeness (QED) is 0.383. The highest BCUT2D eigenvalue weighted by molar-refractivity contribution is 5.85. The lowest BCUT2D eigenvalue weighted by atomic mass is 9.92. The summed E-state index contributed by atoms with van der Waals surface area (Å²) in [5, 5.41) is 12.0. The maximum Gasteiger partial charge on any atom is 0.412 e. The molecule has 0 aromatic heterocycles. The Bertz CT molecular complexity index is 721. The monoisotopic (exact) mass is 419 g/mol. The Morgan fingerprint density at radius 3 is 2.17 bits per heavy atom. The second-order valence-electron chi connectivity index (χ2n) is 8.67. The van der Waals surface area contributed by atoms with Crippen LogP contribution in [0.3, 0.4) is 0 Å². The van der Waals surface area contributed by atoms with Crippen LogP contribution in [0.15, 0.2) is 29.3 Å². The molecule has 8 nitrogen and oxygen atoms in total. The van der Waals surface area contributed by atoms with Crippen LogP contribution in [0.25, 0.3) is 0 Å². The second-order valence-corrected chi connectivity index (χ2v) is 8.67. The van der Waals surface area contributed by atoms with Crippen LogP contribution in [0.1, 0.15) is 47.1 Å². The summed E-state index contributed by atoms with van der Waals surface area (Å²) in [6.45, 7) is 12.9. The number of nitrogens with zero attached hydrogens (tertiary/aromatic N) is 1. The van der Waals surface area contributed by atoms with Crippen molar-refractivity contribution in [2.45, 2.75) is 53.6 Å². The normalized spacial score (nSPS) is 12.2. The average Bonchev–Trinajstić information content (AvgIpc) is 2.64. The zero-order valence-electron chi connectivity index (χ0n) is 19.3. The highest BCUT2D eigenvalue weighted by atomic mass is 16.6. The standard InChI is InChI=1S/C22H37N5O3/c1-8-24-18(28)22(5,6)15-26-19(23-7)25-14-13-16-9-11-17(12-10-16)27-20(29)30-21(2,3)4/h9-12H,8,13-15H2,1-7H3,(H,24,28)(H,27,29)(H2,23,25,26). The minimum atomic E-state index is -0.537. The number of carbonyl (C=O) groups excluding carboxylic acids is 2. The zero-order valence-corrected chi connectivity index (χ0v) is 19.3. The van der Waals surface area contributed by atoms with Crippen molar-refractivity contribution in [3.05, 3.63) is 29.8 Å². The molecule has 168 valence electrons. The summed E-state index contributed by atoms with van der Waals surface area (Å²) in [4.78, 5) is 28.1. The van der Waals surface area contributed by atoms with Crippen molar-refractivity contribution < 1.29 is 14.3 Å². The maximum absolute atomic E-state index is 12.1. The first-order chi connectivity index (χ1) is 14.0. The molecule has 0 aliphatic rings. The van der Waals surface area contributed by atoms with Crippen LogP contribution in [-0.2, 0) is 16.0 Å². The third-order valence-electron chi connectivity index (χ3n) is 4.18. The number of aliphatic imine (C=N–C) groups is 1. The third-order valence-corrected chi connectivity index (χ3v) is 4.18. The van der Waals surface area contributed by atoms with Gasteiger partial charge in [-0.25, -0.2) is 4.79 Å². The molecule has 0 saturated carbocycles. The van der Waals surface area contributed by atoms with Gasteiger partial charge in [0.15, 0.2) is 5.96 Å². The summed E-state index contributed by atoms with van der Waals surface area (Å²) in [5.41, 5.74) is 0.739. The Hall–Kier alpha value is -2.77. The van der Waals surface area contributed by atoms with Crippen molar-refractivity contribution in [3.8, 4) is 0 Å². The van der Waals surface area contributed by atoms with Crippen molar-refractivity contribution >= 4 is 23.6 Å². The topological polar surface area (TPSA) is 104 Å². The molecule has 0 saturated heterocycles. The highest BCUT2D eigenvalue weighted by Gasteiger charge is 2.27. The molecule has 1 aromatic carbocycles. The Morgan fingerprint density at radius 2 is 1.63 bits per heavy atom. The van der Waals surface area contributed by atoms with Gasteiger partial charge in [0.05, 0.1) is 5.41 Å². The second kappa shape index (κ2) is 11.4. The molecule has 0 radical (unpaired) electrons. The van der Waals surface area contributed by atoms with Gasteiger partial charge < -0.3 is 20.7 Å². The Morgan fingerprint density at radius 1 is 1.00 bits per heavy atom. The average molecular weight is 420 g/mol. The van der Waals surface area contributed by atoms with E-state index in [0.29, 0.717) is 31.3 Å². The lowest BCUT2D eigenvalue weighted by molar-refractivity contribution is -0.128. The molecule has 0 aliphatic carbocycles. The summed E-state index contributed by atoms with van der Waals surface area (Å²) in [5.74, 6) is 0.656. The molecule has 0 aliphatic heterocycles. The lowest BCUT2D eigenvalue weighted by Gasteiger charge is -2.24. The molecule has 0 atom stereocenters. The number of nitrogens with one attached hydrogen (secondary N) is 4. The maximum atomic E-state index is 12.1. The van der Waals surface area contributed by atoms with Gasteiger partial charge in [0.2, 0.25) is 5.91 Å². The molecule has 0 spiro atoms. The van der Waals surface area contributed by atoms with Gasteiger partial charge in [0.1, 0.15) is 5.60 Å². The molecule has 30 heavy (non-hydrogen) atoms. The van der Waals surface area contributed by atoms with E-state index in [-0.39, 0.29) is 5.91 Å². The largest absolute Gasteiger partial charge is 0.444 e. The Kier molecular flexibility index (Phi) is 9.62. The molecule has 0 unspecified atom stereocenters. The first-order valence-electron chi connectivity index (χ1n) is 10.3. The van der Waals surface area contributed by atoms with Gasteiger partial charge in [0, 0.05) is 32.4 Å². The van der Waals surface area contributed by atoms with Gasteiger partial charge in [-0.2, -0.15) is 0 Å². The smallest absolute Gasteiger partial charge is 0.412 e. The summed E-state index contributed by atoms with van der Waals surface area (Å²) < 4.78 is 5.25. The van der Waals surface area contributed by atoms with Crippen molar-refractivity contribution in [3.63, 3.8) is 0 Å². The number of carbonyl (C=O) groups is 2. The van der Waals surface area contributed by atoms with Gasteiger partial charge in [-0.1, -0.05) is 12.1 Å². The molecule has 0 bridgehead atoms. The SMILES string of the molecule is CCNC(=O)C(C)(C)CNC(=NC)NCCc1ccc(NC(=O)OC(C)(C)C)cc1. The fraction of sp³-hybridized carbons (Fsp3) is 0.591. The minimum absolute atomic E-state index is 0.00744. The van der Waals surface area contributed by atoms with E-state index >= 15 is 0 Å². The summed E-state index contributed by atoms with van der Waals surface area (Å²) in [7, 11) is 1.70. The molecule has 0 heterocycles. The number of anilines is 1. The predicted molar refractivity (Wildman–Crippen MR) is 122 cm³/mol. The van der Waals surface area contributed by atoms with Crippen LogP contribution in [0.4, 0.5) is 10.5 Å². The number of ether oxygens (including phenoxy) is 1. The van der Waals surface area contributed by atoms with E-state index in [1.165, 1.54) is 0 Å². The van der Waals surface area contributed by atoms with E-state index in [9.17, 15) is 9.59 Å². The number of hydrogen-bond donors (Lipinski definition) is 4. The molecular formula is C22H37N5O3. The molecule has 0 fully saturated rings. The molecule has 4 N–H and O–H groups in total. The number of benzene rings is 1. The highest BCUT2D eigenvalue weighted by Crippen LogP contribution is 2.14.